The highest BCUT2D eigenvalue weighted by atomic mass is 16.2. The van der Waals surface area contributed by atoms with Crippen LogP contribution in [0.3, 0.4) is 0 Å². The molecule has 21 heavy (non-hydrogen) atoms. The number of aryl methyl sites for hydroxylation is 2. The van der Waals surface area contributed by atoms with E-state index >= 15 is 0 Å². The van der Waals surface area contributed by atoms with E-state index < -0.39 is 0 Å². The summed E-state index contributed by atoms with van der Waals surface area (Å²) in [5, 5.41) is 0. The van der Waals surface area contributed by atoms with Crippen molar-refractivity contribution in [3.63, 3.8) is 0 Å². The van der Waals surface area contributed by atoms with Crippen LogP contribution in [0.1, 0.15) is 34.3 Å². The van der Waals surface area contributed by atoms with Crippen molar-refractivity contribution in [2.24, 2.45) is 0 Å². The Balaban J connectivity index is 1.65. The van der Waals surface area contributed by atoms with Gasteiger partial charge in [0.15, 0.2) is 0 Å². The maximum atomic E-state index is 12.4. The number of rotatable bonds is 2. The highest BCUT2D eigenvalue weighted by molar-refractivity contribution is 6.03. The second kappa shape index (κ2) is 4.98. The van der Waals surface area contributed by atoms with Gasteiger partial charge in [0.1, 0.15) is 0 Å². The molecular formula is C16H18N2O3. The van der Waals surface area contributed by atoms with E-state index in [0.29, 0.717) is 31.5 Å². The first-order valence-electron chi connectivity index (χ1n) is 7.19. The SMILES string of the molecule is Cc1ccc(C(=O)N2CC(N3C(=O)CCC3=O)C2)cc1C. The van der Waals surface area contributed by atoms with Crippen LogP contribution in [-0.2, 0) is 9.59 Å². The predicted molar refractivity (Wildman–Crippen MR) is 76.7 cm³/mol. The summed E-state index contributed by atoms with van der Waals surface area (Å²) in [6.07, 6.45) is 0.612. The van der Waals surface area contributed by atoms with Gasteiger partial charge in [0, 0.05) is 31.5 Å². The van der Waals surface area contributed by atoms with Crippen LogP contribution in [0.2, 0.25) is 0 Å². The van der Waals surface area contributed by atoms with E-state index in [1.54, 1.807) is 4.90 Å². The van der Waals surface area contributed by atoms with Crippen LogP contribution in [-0.4, -0.2) is 46.7 Å². The Morgan fingerprint density at radius 1 is 1.05 bits per heavy atom. The minimum Gasteiger partial charge on any atom is -0.334 e. The van der Waals surface area contributed by atoms with E-state index in [1.807, 2.05) is 32.0 Å². The first kappa shape index (κ1) is 13.8. The molecule has 0 atom stereocenters. The topological polar surface area (TPSA) is 57.7 Å². The Hall–Kier alpha value is -2.17. The summed E-state index contributed by atoms with van der Waals surface area (Å²) in [4.78, 5) is 38.7. The Kier molecular flexibility index (Phi) is 3.27. The van der Waals surface area contributed by atoms with Gasteiger partial charge in [-0.2, -0.15) is 0 Å². The van der Waals surface area contributed by atoms with Crippen molar-refractivity contribution in [1.82, 2.24) is 9.80 Å². The minimum atomic E-state index is -0.136. The summed E-state index contributed by atoms with van der Waals surface area (Å²) in [5.74, 6) is -0.250. The zero-order valence-electron chi connectivity index (χ0n) is 12.3. The third kappa shape index (κ3) is 2.33. The fourth-order valence-corrected chi connectivity index (χ4v) is 2.84. The molecule has 2 saturated heterocycles. The normalized spacial score (nSPS) is 19.1. The van der Waals surface area contributed by atoms with Gasteiger partial charge in [-0.25, -0.2) is 0 Å². The van der Waals surface area contributed by atoms with Crippen LogP contribution in [0.4, 0.5) is 0 Å². The van der Waals surface area contributed by atoms with E-state index in [9.17, 15) is 14.4 Å². The van der Waals surface area contributed by atoms with Gasteiger partial charge in [0.2, 0.25) is 11.8 Å². The molecule has 5 nitrogen and oxygen atoms in total. The van der Waals surface area contributed by atoms with Crippen LogP contribution in [0.15, 0.2) is 18.2 Å². The Bertz CT molecular complexity index is 616. The lowest BCUT2D eigenvalue weighted by molar-refractivity contribution is -0.144. The molecule has 0 unspecified atom stereocenters. The van der Waals surface area contributed by atoms with Crippen molar-refractivity contribution >= 4 is 17.7 Å². The quantitative estimate of drug-likeness (QED) is 0.769. The van der Waals surface area contributed by atoms with Gasteiger partial charge in [-0.1, -0.05) is 6.07 Å². The summed E-state index contributed by atoms with van der Waals surface area (Å²) in [5.41, 5.74) is 2.90. The molecular weight excluding hydrogens is 268 g/mol. The molecule has 2 heterocycles. The molecule has 5 heteroatoms. The average Bonchev–Trinajstić information content (AvgIpc) is 2.72. The van der Waals surface area contributed by atoms with Crippen molar-refractivity contribution in [3.8, 4) is 0 Å². The second-order valence-electron chi connectivity index (χ2n) is 5.82. The fraction of sp³-hybridized carbons (Fsp3) is 0.438. The maximum absolute atomic E-state index is 12.4. The molecule has 2 aliphatic heterocycles. The summed E-state index contributed by atoms with van der Waals surface area (Å²) in [7, 11) is 0. The maximum Gasteiger partial charge on any atom is 0.254 e. The van der Waals surface area contributed by atoms with Gasteiger partial charge in [-0.15, -0.1) is 0 Å². The number of carbonyl (C=O) groups excluding carboxylic acids is 3. The van der Waals surface area contributed by atoms with Crippen molar-refractivity contribution in [1.29, 1.82) is 0 Å². The van der Waals surface area contributed by atoms with E-state index in [-0.39, 0.29) is 23.8 Å². The lowest BCUT2D eigenvalue weighted by Crippen LogP contribution is -2.62. The molecule has 1 aromatic carbocycles. The number of hydrogen-bond acceptors (Lipinski definition) is 3. The first-order valence-corrected chi connectivity index (χ1v) is 7.19. The van der Waals surface area contributed by atoms with E-state index in [2.05, 4.69) is 0 Å². The molecule has 0 aliphatic carbocycles. The molecule has 110 valence electrons. The molecule has 2 fully saturated rings. The largest absolute Gasteiger partial charge is 0.334 e. The lowest BCUT2D eigenvalue weighted by atomic mass is 10.0. The summed E-state index contributed by atoms with van der Waals surface area (Å²) < 4.78 is 0. The zero-order valence-corrected chi connectivity index (χ0v) is 12.3. The third-order valence-electron chi connectivity index (χ3n) is 4.36. The highest BCUT2D eigenvalue weighted by Gasteiger charge is 2.42. The van der Waals surface area contributed by atoms with Crippen LogP contribution >= 0.6 is 0 Å². The first-order chi connectivity index (χ1) is 9.97. The van der Waals surface area contributed by atoms with Crippen molar-refractivity contribution in [3.05, 3.63) is 34.9 Å². The molecule has 0 aromatic heterocycles. The number of likely N-dealkylation sites (tertiary alicyclic amines) is 2. The van der Waals surface area contributed by atoms with E-state index in [1.165, 1.54) is 4.90 Å². The van der Waals surface area contributed by atoms with Crippen LogP contribution < -0.4 is 0 Å². The summed E-state index contributed by atoms with van der Waals surface area (Å²) in [6, 6.07) is 5.51. The molecule has 0 bridgehead atoms. The zero-order chi connectivity index (χ0) is 15.1. The molecule has 2 aliphatic rings. The lowest BCUT2D eigenvalue weighted by Gasteiger charge is -2.43. The summed E-state index contributed by atoms with van der Waals surface area (Å²) in [6.45, 7) is 4.88. The van der Waals surface area contributed by atoms with Gasteiger partial charge < -0.3 is 4.90 Å². The number of nitrogens with zero attached hydrogens (tertiary/aromatic N) is 2. The number of carbonyl (C=O) groups is 3. The van der Waals surface area contributed by atoms with Gasteiger partial charge in [-0.05, 0) is 37.1 Å². The standard InChI is InChI=1S/C16H18N2O3/c1-10-3-4-12(7-11(10)2)16(21)17-8-13(9-17)18-14(19)5-6-15(18)20/h3-4,7,13H,5-6,8-9H2,1-2H3. The second-order valence-corrected chi connectivity index (χ2v) is 5.82. The van der Waals surface area contributed by atoms with Gasteiger partial charge in [0.05, 0.1) is 6.04 Å². The van der Waals surface area contributed by atoms with Crippen LogP contribution in [0, 0.1) is 13.8 Å². The average molecular weight is 286 g/mol. The van der Waals surface area contributed by atoms with E-state index in [0.717, 1.165) is 11.1 Å². The Labute approximate surface area is 123 Å². The molecule has 1 aromatic rings. The number of benzene rings is 1. The molecule has 3 amide bonds. The Morgan fingerprint density at radius 3 is 2.24 bits per heavy atom. The number of imide groups is 1. The van der Waals surface area contributed by atoms with Gasteiger partial charge >= 0.3 is 0 Å². The van der Waals surface area contributed by atoms with Crippen LogP contribution in [0.5, 0.6) is 0 Å². The predicted octanol–water partition coefficient (Wildman–Crippen LogP) is 1.28. The monoisotopic (exact) mass is 286 g/mol. The van der Waals surface area contributed by atoms with Gasteiger partial charge in [-0.3, -0.25) is 19.3 Å². The number of amides is 3. The Morgan fingerprint density at radius 2 is 1.67 bits per heavy atom. The van der Waals surface area contributed by atoms with Gasteiger partial charge in [0.25, 0.3) is 5.91 Å². The molecule has 3 rings (SSSR count). The summed E-state index contributed by atoms with van der Waals surface area (Å²) >= 11 is 0. The third-order valence-corrected chi connectivity index (χ3v) is 4.36. The molecule has 0 radical (unpaired) electrons. The molecule has 0 saturated carbocycles. The van der Waals surface area contributed by atoms with Crippen molar-refractivity contribution < 1.29 is 14.4 Å². The highest BCUT2D eigenvalue weighted by Crippen LogP contribution is 2.24. The molecule has 0 spiro atoms. The van der Waals surface area contributed by atoms with E-state index in [4.69, 9.17) is 0 Å². The number of hydrogen-bond donors (Lipinski definition) is 0. The fourth-order valence-electron chi connectivity index (χ4n) is 2.84. The van der Waals surface area contributed by atoms with Crippen molar-refractivity contribution in [2.75, 3.05) is 13.1 Å². The van der Waals surface area contributed by atoms with Crippen molar-refractivity contribution in [2.45, 2.75) is 32.7 Å². The van der Waals surface area contributed by atoms with Crippen LogP contribution in [0.25, 0.3) is 0 Å². The molecule has 0 N–H and O–H groups in total. The smallest absolute Gasteiger partial charge is 0.254 e. The minimum absolute atomic E-state index is 0.0338.